The van der Waals surface area contributed by atoms with Crippen LogP contribution in [0.3, 0.4) is 0 Å². The van der Waals surface area contributed by atoms with Gasteiger partial charge in [0.05, 0.1) is 0 Å². The summed E-state index contributed by atoms with van der Waals surface area (Å²) in [6, 6.07) is 26.5. The lowest BCUT2D eigenvalue weighted by Gasteiger charge is -2.36. The number of rotatable bonds is 5. The van der Waals surface area contributed by atoms with Gasteiger partial charge in [-0.15, -0.1) is 0 Å². The van der Waals surface area contributed by atoms with Gasteiger partial charge in [-0.2, -0.15) is 0 Å². The van der Waals surface area contributed by atoms with E-state index in [1.54, 1.807) is 0 Å². The molecule has 0 radical (unpaired) electrons. The average Bonchev–Trinajstić information content (AvgIpc) is 2.62. The van der Waals surface area contributed by atoms with Crippen molar-refractivity contribution >= 4 is 23.2 Å². The van der Waals surface area contributed by atoms with Crippen LogP contribution < -0.4 is 5.73 Å². The molecule has 2 N–H and O–H groups in total. The Morgan fingerprint density at radius 3 is 1.46 bits per heavy atom. The second-order valence-corrected chi connectivity index (χ2v) is 6.70. The van der Waals surface area contributed by atoms with Gasteiger partial charge in [0.15, 0.2) is 0 Å². The molecule has 3 aromatic rings. The van der Waals surface area contributed by atoms with Crippen LogP contribution in [-0.2, 0) is 5.41 Å². The van der Waals surface area contributed by atoms with Crippen LogP contribution in [0.1, 0.15) is 23.1 Å². The van der Waals surface area contributed by atoms with Crippen LogP contribution in [0.5, 0.6) is 0 Å². The maximum atomic E-state index is 6.11. The van der Waals surface area contributed by atoms with E-state index in [1.807, 2.05) is 30.3 Å². The van der Waals surface area contributed by atoms with Crippen LogP contribution in [0, 0.1) is 0 Å². The van der Waals surface area contributed by atoms with Crippen LogP contribution in [0.2, 0.25) is 10.0 Å². The second-order valence-electron chi connectivity index (χ2n) is 5.82. The van der Waals surface area contributed by atoms with E-state index in [4.69, 9.17) is 28.9 Å². The topological polar surface area (TPSA) is 26.0 Å². The van der Waals surface area contributed by atoms with Gasteiger partial charge in [-0.25, -0.2) is 0 Å². The van der Waals surface area contributed by atoms with Crippen molar-refractivity contribution in [3.63, 3.8) is 0 Å². The van der Waals surface area contributed by atoms with E-state index in [0.29, 0.717) is 6.54 Å². The van der Waals surface area contributed by atoms with Crippen LogP contribution >= 0.6 is 23.2 Å². The van der Waals surface area contributed by atoms with E-state index < -0.39 is 0 Å². The number of halogens is 2. The van der Waals surface area contributed by atoms with Gasteiger partial charge in [-0.3, -0.25) is 0 Å². The van der Waals surface area contributed by atoms with Gasteiger partial charge < -0.3 is 5.73 Å². The Balaban J connectivity index is 2.28. The van der Waals surface area contributed by atoms with Gasteiger partial charge in [-0.05, 0) is 53.9 Å². The Morgan fingerprint density at radius 2 is 1.04 bits per heavy atom. The predicted molar refractivity (Wildman–Crippen MR) is 103 cm³/mol. The summed E-state index contributed by atoms with van der Waals surface area (Å²) in [5.74, 6) is 0. The largest absolute Gasteiger partial charge is 0.330 e. The zero-order chi connectivity index (χ0) is 17.0. The molecule has 0 spiro atoms. The highest BCUT2D eigenvalue weighted by atomic mass is 35.5. The van der Waals surface area contributed by atoms with E-state index in [-0.39, 0.29) is 5.41 Å². The fourth-order valence-corrected chi connectivity index (χ4v) is 3.59. The number of hydrogen-bond donors (Lipinski definition) is 1. The van der Waals surface area contributed by atoms with E-state index in [1.165, 1.54) is 16.7 Å². The van der Waals surface area contributed by atoms with Gasteiger partial charge in [0.1, 0.15) is 0 Å². The Morgan fingerprint density at radius 1 is 0.625 bits per heavy atom. The molecule has 3 heteroatoms. The molecule has 0 bridgehead atoms. The number of benzene rings is 3. The lowest BCUT2D eigenvalue weighted by Crippen LogP contribution is -2.32. The first-order valence-electron chi connectivity index (χ1n) is 7.94. The lowest BCUT2D eigenvalue weighted by molar-refractivity contribution is 0.568. The van der Waals surface area contributed by atoms with Crippen molar-refractivity contribution in [2.75, 3.05) is 6.54 Å². The third kappa shape index (κ3) is 3.21. The van der Waals surface area contributed by atoms with Gasteiger partial charge in [0.2, 0.25) is 0 Å². The predicted octanol–water partition coefficient (Wildman–Crippen LogP) is 5.68. The quantitative estimate of drug-likeness (QED) is 0.585. The summed E-state index contributed by atoms with van der Waals surface area (Å²) in [6.45, 7) is 0.570. The fourth-order valence-electron chi connectivity index (χ4n) is 3.34. The SMILES string of the molecule is NCCC(c1ccccc1)(c1ccc(Cl)cc1)c1ccc(Cl)cc1. The molecule has 0 atom stereocenters. The molecule has 0 unspecified atom stereocenters. The first-order valence-corrected chi connectivity index (χ1v) is 8.70. The Bertz CT molecular complexity index is 735. The molecule has 3 aromatic carbocycles. The summed E-state index contributed by atoms with van der Waals surface area (Å²) in [6.07, 6.45) is 0.792. The van der Waals surface area contributed by atoms with Gasteiger partial charge in [0.25, 0.3) is 0 Å². The minimum absolute atomic E-state index is 0.328. The maximum absolute atomic E-state index is 6.11. The Kier molecular flexibility index (Phi) is 5.25. The summed E-state index contributed by atoms with van der Waals surface area (Å²) in [5, 5.41) is 1.45. The van der Waals surface area contributed by atoms with Crippen molar-refractivity contribution in [2.45, 2.75) is 11.8 Å². The molecule has 0 heterocycles. The van der Waals surface area contributed by atoms with E-state index in [9.17, 15) is 0 Å². The average molecular weight is 356 g/mol. The zero-order valence-electron chi connectivity index (χ0n) is 13.3. The van der Waals surface area contributed by atoms with Crippen molar-refractivity contribution in [2.24, 2.45) is 5.73 Å². The molecule has 0 aliphatic carbocycles. The van der Waals surface area contributed by atoms with Crippen LogP contribution in [0.4, 0.5) is 0 Å². The molecule has 24 heavy (non-hydrogen) atoms. The van der Waals surface area contributed by atoms with Crippen molar-refractivity contribution in [1.29, 1.82) is 0 Å². The van der Waals surface area contributed by atoms with Crippen LogP contribution in [-0.4, -0.2) is 6.54 Å². The normalized spacial score (nSPS) is 11.5. The highest BCUT2D eigenvalue weighted by molar-refractivity contribution is 6.30. The minimum Gasteiger partial charge on any atom is -0.330 e. The first kappa shape index (κ1) is 17.0. The molecule has 0 aliphatic heterocycles. The summed E-state index contributed by atoms with van der Waals surface area (Å²) in [5.41, 5.74) is 9.26. The first-order chi connectivity index (χ1) is 11.7. The second kappa shape index (κ2) is 7.40. The molecule has 3 rings (SSSR count). The lowest BCUT2D eigenvalue weighted by atomic mass is 9.67. The molecular formula is C21H19Cl2N. The van der Waals surface area contributed by atoms with E-state index in [2.05, 4.69) is 48.5 Å². The fraction of sp³-hybridized carbons (Fsp3) is 0.143. The van der Waals surface area contributed by atoms with Gasteiger partial charge in [0, 0.05) is 15.5 Å². The highest BCUT2D eigenvalue weighted by Crippen LogP contribution is 2.42. The maximum Gasteiger partial charge on any atom is 0.0463 e. The third-order valence-corrected chi connectivity index (χ3v) is 4.96. The molecule has 122 valence electrons. The van der Waals surface area contributed by atoms with Gasteiger partial charge in [-0.1, -0.05) is 77.8 Å². The smallest absolute Gasteiger partial charge is 0.0463 e. The molecular weight excluding hydrogens is 337 g/mol. The van der Waals surface area contributed by atoms with Crippen molar-refractivity contribution < 1.29 is 0 Å². The summed E-state index contributed by atoms with van der Waals surface area (Å²) < 4.78 is 0. The minimum atomic E-state index is -0.328. The summed E-state index contributed by atoms with van der Waals surface area (Å²) in [7, 11) is 0. The zero-order valence-corrected chi connectivity index (χ0v) is 14.8. The van der Waals surface area contributed by atoms with E-state index in [0.717, 1.165) is 16.5 Å². The van der Waals surface area contributed by atoms with Crippen LogP contribution in [0.15, 0.2) is 78.9 Å². The standard InChI is InChI=1S/C21H19Cl2N/c22-19-10-6-17(7-11-19)21(14-15-24,16-4-2-1-3-5-16)18-8-12-20(23)13-9-18/h1-13H,14-15,24H2. The molecule has 0 fully saturated rings. The molecule has 0 saturated carbocycles. The Labute approximate surface area is 153 Å². The van der Waals surface area contributed by atoms with Crippen molar-refractivity contribution in [3.8, 4) is 0 Å². The Hall–Kier alpha value is -1.80. The molecule has 0 saturated heterocycles. The molecule has 0 amide bonds. The molecule has 1 nitrogen and oxygen atoms in total. The summed E-state index contributed by atoms with van der Waals surface area (Å²) in [4.78, 5) is 0. The monoisotopic (exact) mass is 355 g/mol. The third-order valence-electron chi connectivity index (χ3n) is 4.46. The van der Waals surface area contributed by atoms with Gasteiger partial charge >= 0.3 is 0 Å². The summed E-state index contributed by atoms with van der Waals surface area (Å²) >= 11 is 12.2. The molecule has 0 aliphatic rings. The number of hydrogen-bond acceptors (Lipinski definition) is 1. The highest BCUT2D eigenvalue weighted by Gasteiger charge is 2.35. The number of nitrogens with two attached hydrogens (primary N) is 1. The van der Waals surface area contributed by atoms with Crippen molar-refractivity contribution in [1.82, 2.24) is 0 Å². The molecule has 0 aromatic heterocycles. The van der Waals surface area contributed by atoms with E-state index >= 15 is 0 Å². The van der Waals surface area contributed by atoms with Crippen LogP contribution in [0.25, 0.3) is 0 Å². The van der Waals surface area contributed by atoms with Crippen molar-refractivity contribution in [3.05, 3.63) is 106 Å².